The van der Waals surface area contributed by atoms with Crippen LogP contribution < -0.4 is 18.9 Å². The van der Waals surface area contributed by atoms with Crippen molar-refractivity contribution >= 4 is 33.8 Å². The van der Waals surface area contributed by atoms with Gasteiger partial charge in [0.1, 0.15) is 11.6 Å². The van der Waals surface area contributed by atoms with Crippen molar-refractivity contribution < 1.29 is 96.1 Å². The molecule has 0 aliphatic carbocycles. The molecule has 0 amide bonds. The summed E-state index contributed by atoms with van der Waals surface area (Å²) in [6.07, 6.45) is 7.24. The van der Waals surface area contributed by atoms with E-state index in [2.05, 4.69) is 40.4 Å². The fraction of sp³-hybridized carbons (Fsp3) is 0.211. The Hall–Kier alpha value is -5.26. The average molecular weight is 842 g/mol. The fourth-order valence-electron chi connectivity index (χ4n) is 4.29. The van der Waals surface area contributed by atoms with E-state index in [4.69, 9.17) is 5.11 Å². The van der Waals surface area contributed by atoms with Crippen molar-refractivity contribution in [3.63, 3.8) is 0 Å². The van der Waals surface area contributed by atoms with Gasteiger partial charge < -0.3 is 33.8 Å². The van der Waals surface area contributed by atoms with Crippen molar-refractivity contribution in [2.24, 2.45) is 21.1 Å². The number of halogens is 1. The Morgan fingerprint density at radius 2 is 1.02 bits per heavy atom. The Balaban J connectivity index is -0.0000000146. The van der Waals surface area contributed by atoms with Gasteiger partial charge >= 0.3 is 36.8 Å². The molecule has 0 spiro atoms. The summed E-state index contributed by atoms with van der Waals surface area (Å²) in [5, 5.41) is 8.78. The third-order valence-corrected chi connectivity index (χ3v) is 8.25. The first kappa shape index (κ1) is 45.8. The monoisotopic (exact) mass is 841 g/mol. The van der Waals surface area contributed by atoms with Crippen LogP contribution in [-0.2, 0) is 30.6 Å². The molecule has 0 saturated heterocycles. The molecule has 15 heteroatoms. The molecule has 3 aromatic carbocycles. The third kappa shape index (κ3) is 13.0. The summed E-state index contributed by atoms with van der Waals surface area (Å²) < 4.78 is 16.1. The summed E-state index contributed by atoms with van der Waals surface area (Å²) in [5.41, 5.74) is 6.65. The number of methoxy groups -OCH3 is 2. The van der Waals surface area contributed by atoms with Crippen LogP contribution in [0.5, 0.6) is 0 Å². The molecule has 53 heavy (non-hydrogen) atoms. The van der Waals surface area contributed by atoms with Crippen molar-refractivity contribution in [1.82, 2.24) is 28.7 Å². The van der Waals surface area contributed by atoms with E-state index in [1.54, 1.807) is 73.2 Å². The van der Waals surface area contributed by atoms with Crippen LogP contribution in [0, 0.1) is 20.8 Å². The topological polar surface area (TPSA) is 173 Å². The molecule has 334 valence electrons. The Kier molecular flexibility index (Phi) is 19.0. The molecular weight excluding hydrogens is 739 g/mol. The number of benzene rings is 3. The van der Waals surface area contributed by atoms with Crippen LogP contribution >= 0.6 is 15.9 Å². The quantitative estimate of drug-likeness (QED) is 0.130. The largest absolute Gasteiger partial charge is 1.00 e. The number of carboxylic acids is 1. The Bertz CT molecular complexity index is 2120. The van der Waals surface area contributed by atoms with Gasteiger partial charge in [0, 0.05) is 115 Å². The second-order valence-electron chi connectivity index (χ2n) is 11.2. The maximum absolute atomic E-state index is 11.3. The number of carboxylic acid groups (broad SMARTS) is 1. The third-order valence-electron chi connectivity index (χ3n) is 7.72. The first-order valence-corrected chi connectivity index (χ1v) is 16.3. The number of aryl methyl sites for hydroxylation is 4. The summed E-state index contributed by atoms with van der Waals surface area (Å²) in [6.45, 7) is 5.99. The van der Waals surface area contributed by atoms with Crippen molar-refractivity contribution in [2.45, 2.75) is 20.8 Å². The zero-order valence-electron chi connectivity index (χ0n) is 31.2. The number of aromatic nitrogens is 6. The van der Waals surface area contributed by atoms with Crippen molar-refractivity contribution in [1.29, 1.82) is 0 Å². The first-order chi connectivity index (χ1) is 24.3. The molecule has 13 nitrogen and oxygen atoms in total. The minimum atomic E-state index is -0.914. The number of esters is 2. The SMILES string of the molecule is COC(=O)c1ccc(-c2ncc(C)n2C)cc1.COC(=O)c1ccc(Br)cc1.Cc1cnc(-c2ccc(C(=O)O)cc2)n1C.Cc1cncn1C.[HH].[HH].[HH].[HH].[HH].[HH].[HH].[HH].[HH].[HH].[HH].[HH].[HH].[HH].[HH].[HH].[HH].[HH].[HH].[HH].[HH].[HH].[HH].[HH].[HH].[HH].[HH].[HH].[HH].[HH].[Li+].[OH-]. The number of rotatable bonds is 5. The van der Waals surface area contributed by atoms with E-state index in [0.717, 1.165) is 38.6 Å². The van der Waals surface area contributed by atoms with Crippen LogP contribution in [0.4, 0.5) is 0 Å². The Morgan fingerprint density at radius 3 is 1.28 bits per heavy atom. The number of hydrogen-bond donors (Lipinski definition) is 1. The minimum absolute atomic E-state index is 0. The van der Waals surface area contributed by atoms with Crippen LogP contribution in [0.1, 0.15) is 91.0 Å². The van der Waals surface area contributed by atoms with Gasteiger partial charge in [0.05, 0.1) is 37.2 Å². The molecule has 3 heterocycles. The van der Waals surface area contributed by atoms with Gasteiger partial charge in [-0.15, -0.1) is 0 Å². The van der Waals surface area contributed by atoms with Gasteiger partial charge in [-0.05, 0) is 69.3 Å². The average Bonchev–Trinajstić information content (AvgIpc) is 3.81. The van der Waals surface area contributed by atoms with Gasteiger partial charge in [-0.1, -0.05) is 40.2 Å². The molecule has 3 aromatic heterocycles. The van der Waals surface area contributed by atoms with Crippen LogP contribution in [-0.4, -0.2) is 71.4 Å². The number of nitrogens with zero attached hydrogens (tertiary/aromatic N) is 6. The molecule has 0 atom stereocenters. The minimum Gasteiger partial charge on any atom is -0.870 e. The van der Waals surface area contributed by atoms with E-state index in [-0.39, 0.29) is 84.6 Å². The number of imidazole rings is 3. The van der Waals surface area contributed by atoms with E-state index in [9.17, 15) is 14.4 Å². The Morgan fingerprint density at radius 1 is 0.642 bits per heavy atom. The normalized spacial score (nSPS) is 9.60. The molecule has 0 saturated carbocycles. The predicted molar refractivity (Wildman–Crippen MR) is 264 cm³/mol. The molecule has 2 N–H and O–H groups in total. The molecule has 6 rings (SSSR count). The summed E-state index contributed by atoms with van der Waals surface area (Å²) in [5.74, 6) is 0.181. The molecule has 0 unspecified atom stereocenters. The number of aromatic carboxylic acids is 1. The van der Waals surface area contributed by atoms with Gasteiger partial charge in [0.2, 0.25) is 0 Å². The molecule has 0 aliphatic rings. The van der Waals surface area contributed by atoms with E-state index < -0.39 is 5.97 Å². The van der Waals surface area contributed by atoms with Gasteiger partial charge in [-0.2, -0.15) is 0 Å². The van der Waals surface area contributed by atoms with E-state index in [1.807, 2.05) is 80.1 Å². The van der Waals surface area contributed by atoms with Crippen LogP contribution in [0.2, 0.25) is 0 Å². The van der Waals surface area contributed by atoms with E-state index >= 15 is 0 Å². The molecular formula is C38H102BrLiN6O7. The first-order valence-electron chi connectivity index (χ1n) is 15.5. The predicted octanol–water partition coefficient (Wildman–Crippen LogP) is 11.4. The van der Waals surface area contributed by atoms with E-state index in [0.29, 0.717) is 11.1 Å². The Labute approximate surface area is 373 Å². The van der Waals surface area contributed by atoms with Crippen LogP contribution in [0.3, 0.4) is 0 Å². The summed E-state index contributed by atoms with van der Waals surface area (Å²) in [4.78, 5) is 45.4. The summed E-state index contributed by atoms with van der Waals surface area (Å²) in [7, 11) is 8.61. The van der Waals surface area contributed by atoms with E-state index in [1.165, 1.54) is 19.9 Å². The molecule has 0 fully saturated rings. The summed E-state index contributed by atoms with van der Waals surface area (Å²) >= 11 is 3.26. The maximum Gasteiger partial charge on any atom is 1.00 e. The fourth-order valence-corrected chi connectivity index (χ4v) is 4.55. The number of hydrogen-bond acceptors (Lipinski definition) is 9. The van der Waals surface area contributed by atoms with Gasteiger partial charge in [-0.3, -0.25) is 0 Å². The van der Waals surface area contributed by atoms with Gasteiger partial charge in [0.25, 0.3) is 0 Å². The van der Waals surface area contributed by atoms with Crippen molar-refractivity contribution in [3.05, 3.63) is 136 Å². The second-order valence-corrected chi connectivity index (χ2v) is 12.1. The summed E-state index contributed by atoms with van der Waals surface area (Å²) in [6, 6.07) is 20.9. The standard InChI is InChI=1S/C13H14N2O2.C12H12N2O2.C8H7BrO2.C5H8N2.Li.H2O.30H2/c1-9-8-14-12(15(9)2)10-4-6-11(7-5-10)13(16)17-3;1-8-7-13-11(14(8)2)9-3-5-10(6-4-9)12(15)16;1-11-8(10)6-2-4-7(9)5-3-6;1-5-3-6-4-7(5)2;;;;;;;;;;;;;;;;;;;;;;;;;;;;;;;;/h4-8H,1-3H3;3-7H,1-2H3,(H,15,16);2-5H,1H3;3-4H,1-2H3;;1H2;30*1H/q;;;;+1;;;;;;;;;;;;;;;;;;;;;;;;;;;;;;;/p-1. The number of carbonyl (C=O) groups excluding carboxylic acids is 2. The van der Waals surface area contributed by atoms with Gasteiger partial charge in [-0.25, -0.2) is 29.3 Å². The molecule has 0 bridgehead atoms. The van der Waals surface area contributed by atoms with Crippen molar-refractivity contribution in [3.8, 4) is 22.8 Å². The maximum atomic E-state index is 11.3. The molecule has 0 radical (unpaired) electrons. The second kappa shape index (κ2) is 22.0. The number of carbonyl (C=O) groups is 3. The van der Waals surface area contributed by atoms with Crippen molar-refractivity contribution in [2.75, 3.05) is 14.2 Å². The zero-order valence-corrected chi connectivity index (χ0v) is 32.8. The molecule has 0 aliphatic heterocycles. The number of ether oxygens (including phenoxy) is 2. The zero-order chi connectivity index (χ0) is 37.7. The smallest absolute Gasteiger partial charge is 0.870 e. The van der Waals surface area contributed by atoms with Gasteiger partial charge in [0.15, 0.2) is 0 Å². The van der Waals surface area contributed by atoms with Crippen LogP contribution in [0.15, 0.2) is 102 Å². The molecule has 6 aromatic rings. The van der Waals surface area contributed by atoms with Crippen LogP contribution in [0.25, 0.3) is 22.8 Å².